The van der Waals surface area contributed by atoms with E-state index in [1.54, 1.807) is 11.3 Å². The molecule has 0 saturated heterocycles. The van der Waals surface area contributed by atoms with Crippen LogP contribution in [0.25, 0.3) is 10.2 Å². The third-order valence-electron chi connectivity index (χ3n) is 1.45. The van der Waals surface area contributed by atoms with Gasteiger partial charge in [0.25, 0.3) is 0 Å². The summed E-state index contributed by atoms with van der Waals surface area (Å²) in [6.45, 7) is 0. The number of aromatic nitrogens is 1. The second-order valence-electron chi connectivity index (χ2n) is 2.21. The van der Waals surface area contributed by atoms with E-state index in [0.29, 0.717) is 0 Å². The number of hydrogen-bond acceptors (Lipinski definition) is 2. The minimum atomic E-state index is 1.01. The summed E-state index contributed by atoms with van der Waals surface area (Å²) >= 11 is 4.11. The van der Waals surface area contributed by atoms with Crippen LogP contribution >= 0.6 is 33.9 Å². The van der Waals surface area contributed by atoms with Crippen LogP contribution in [0.5, 0.6) is 0 Å². The molecule has 11 heavy (non-hydrogen) atoms. The first-order valence-corrected chi connectivity index (χ1v) is 5.65. The molecule has 0 bridgehead atoms. The fourth-order valence-corrected chi connectivity index (χ4v) is 2.43. The van der Waals surface area contributed by atoms with Crippen molar-refractivity contribution in [2.45, 2.75) is 4.43 Å². The third kappa shape index (κ3) is 1.39. The zero-order chi connectivity index (χ0) is 7.68. The molecule has 0 atom stereocenters. The third-order valence-corrected chi connectivity index (χ3v) is 3.73. The van der Waals surface area contributed by atoms with E-state index < -0.39 is 0 Å². The highest BCUT2D eigenvalue weighted by Crippen LogP contribution is 2.22. The van der Waals surface area contributed by atoms with Crippen molar-refractivity contribution in [1.82, 2.24) is 4.98 Å². The van der Waals surface area contributed by atoms with Crippen LogP contribution in [0.1, 0.15) is 5.01 Å². The molecule has 0 radical (unpaired) electrons. The molecule has 0 amide bonds. The van der Waals surface area contributed by atoms with Crippen molar-refractivity contribution in [1.29, 1.82) is 0 Å². The zero-order valence-corrected chi connectivity index (χ0v) is 8.72. The van der Waals surface area contributed by atoms with E-state index >= 15 is 0 Å². The smallest absolute Gasteiger partial charge is 0.104 e. The van der Waals surface area contributed by atoms with Crippen LogP contribution in [0.3, 0.4) is 0 Å². The quantitative estimate of drug-likeness (QED) is 0.575. The summed E-state index contributed by atoms with van der Waals surface area (Å²) in [7, 11) is 0. The van der Waals surface area contributed by atoms with Crippen molar-refractivity contribution in [2.24, 2.45) is 0 Å². The van der Waals surface area contributed by atoms with Crippen LogP contribution in [-0.4, -0.2) is 4.98 Å². The van der Waals surface area contributed by atoms with E-state index in [-0.39, 0.29) is 0 Å². The molecule has 1 aromatic heterocycles. The molecule has 1 nitrogen and oxygen atoms in total. The number of hydrogen-bond donors (Lipinski definition) is 0. The van der Waals surface area contributed by atoms with Crippen LogP contribution in [0.15, 0.2) is 24.3 Å². The molecule has 0 N–H and O–H groups in total. The normalized spacial score (nSPS) is 10.6. The van der Waals surface area contributed by atoms with Crippen molar-refractivity contribution in [3.63, 3.8) is 0 Å². The van der Waals surface area contributed by atoms with Crippen molar-refractivity contribution in [3.8, 4) is 0 Å². The number of thiazole rings is 1. The van der Waals surface area contributed by atoms with Crippen LogP contribution in [-0.2, 0) is 4.43 Å². The molecule has 1 heterocycles. The van der Waals surface area contributed by atoms with E-state index in [0.717, 1.165) is 9.94 Å². The monoisotopic (exact) mass is 275 g/mol. The highest BCUT2D eigenvalue weighted by Gasteiger charge is 1.99. The molecule has 1 aromatic carbocycles. The van der Waals surface area contributed by atoms with Gasteiger partial charge in [0, 0.05) is 0 Å². The molecule has 0 unspecified atom stereocenters. The van der Waals surface area contributed by atoms with Crippen LogP contribution in [0.4, 0.5) is 0 Å². The molecular weight excluding hydrogens is 269 g/mol. The van der Waals surface area contributed by atoms with Gasteiger partial charge in [-0.05, 0) is 12.1 Å². The lowest BCUT2D eigenvalue weighted by molar-refractivity contribution is 1.34. The maximum absolute atomic E-state index is 4.44. The number of halogens is 1. The Balaban J connectivity index is 2.69. The summed E-state index contributed by atoms with van der Waals surface area (Å²) < 4.78 is 2.30. The summed E-state index contributed by atoms with van der Waals surface area (Å²) in [6, 6.07) is 8.25. The standard InChI is InChI=1S/C8H6INS/c9-5-8-10-6-3-1-2-4-7(6)11-8/h1-4H,5H2. The zero-order valence-electron chi connectivity index (χ0n) is 5.75. The van der Waals surface area contributed by atoms with E-state index in [1.807, 2.05) is 6.07 Å². The Morgan fingerprint density at radius 3 is 2.91 bits per heavy atom. The minimum absolute atomic E-state index is 1.01. The number of alkyl halides is 1. The minimum Gasteiger partial charge on any atom is -0.240 e. The van der Waals surface area contributed by atoms with Crippen LogP contribution in [0.2, 0.25) is 0 Å². The average molecular weight is 275 g/mol. The maximum atomic E-state index is 4.44. The van der Waals surface area contributed by atoms with Gasteiger partial charge < -0.3 is 0 Å². The summed E-state index contributed by atoms with van der Waals surface area (Å²) in [5.41, 5.74) is 1.13. The summed E-state index contributed by atoms with van der Waals surface area (Å²) in [5, 5.41) is 1.21. The Morgan fingerprint density at radius 2 is 2.18 bits per heavy atom. The topological polar surface area (TPSA) is 12.9 Å². The highest BCUT2D eigenvalue weighted by molar-refractivity contribution is 14.1. The molecule has 0 spiro atoms. The lowest BCUT2D eigenvalue weighted by atomic mass is 10.3. The largest absolute Gasteiger partial charge is 0.240 e. The van der Waals surface area contributed by atoms with Crippen molar-refractivity contribution in [3.05, 3.63) is 29.3 Å². The Bertz CT molecular complexity index is 336. The van der Waals surface area contributed by atoms with E-state index in [9.17, 15) is 0 Å². The summed E-state index contributed by atoms with van der Waals surface area (Å²) in [4.78, 5) is 4.44. The first-order chi connectivity index (χ1) is 5.40. The Labute approximate surface area is 82.6 Å². The Hall–Kier alpha value is -0.160. The Kier molecular flexibility index (Phi) is 2.09. The molecule has 56 valence electrons. The molecule has 0 fully saturated rings. The molecule has 0 aliphatic rings. The van der Waals surface area contributed by atoms with Gasteiger partial charge in [0.05, 0.1) is 14.6 Å². The van der Waals surface area contributed by atoms with Gasteiger partial charge in [-0.1, -0.05) is 34.7 Å². The van der Waals surface area contributed by atoms with Gasteiger partial charge in [-0.25, -0.2) is 4.98 Å². The lowest BCUT2D eigenvalue weighted by Crippen LogP contribution is -1.70. The molecular formula is C8H6INS. The molecule has 3 heteroatoms. The second kappa shape index (κ2) is 3.06. The molecule has 2 aromatic rings. The second-order valence-corrected chi connectivity index (χ2v) is 4.09. The van der Waals surface area contributed by atoms with Crippen molar-refractivity contribution < 1.29 is 0 Å². The van der Waals surface area contributed by atoms with Gasteiger partial charge in [-0.15, -0.1) is 11.3 Å². The molecule has 0 saturated carbocycles. The lowest BCUT2D eigenvalue weighted by Gasteiger charge is -1.80. The number of rotatable bonds is 1. The van der Waals surface area contributed by atoms with Gasteiger partial charge in [-0.2, -0.15) is 0 Å². The van der Waals surface area contributed by atoms with Crippen LogP contribution in [0, 0.1) is 0 Å². The summed E-state index contributed by atoms with van der Waals surface area (Å²) in [6.07, 6.45) is 0. The number of para-hydroxylation sites is 1. The first-order valence-electron chi connectivity index (χ1n) is 3.30. The van der Waals surface area contributed by atoms with Crippen molar-refractivity contribution >= 4 is 44.1 Å². The van der Waals surface area contributed by atoms with Gasteiger partial charge in [-0.3, -0.25) is 0 Å². The average Bonchev–Trinajstić information content (AvgIpc) is 2.46. The first kappa shape index (κ1) is 7.49. The Morgan fingerprint density at radius 1 is 1.36 bits per heavy atom. The number of fused-ring (bicyclic) bond motifs is 1. The summed E-state index contributed by atoms with van der Waals surface area (Å²) in [5.74, 6) is 0. The van der Waals surface area contributed by atoms with Gasteiger partial charge in [0.1, 0.15) is 5.01 Å². The number of benzene rings is 1. The molecule has 2 rings (SSSR count). The van der Waals surface area contributed by atoms with Gasteiger partial charge in [0.15, 0.2) is 0 Å². The van der Waals surface area contributed by atoms with E-state index in [1.165, 1.54) is 9.71 Å². The number of nitrogens with zero attached hydrogens (tertiary/aromatic N) is 1. The molecule has 0 aliphatic heterocycles. The maximum Gasteiger partial charge on any atom is 0.104 e. The van der Waals surface area contributed by atoms with Crippen LogP contribution < -0.4 is 0 Å². The van der Waals surface area contributed by atoms with Crippen molar-refractivity contribution in [2.75, 3.05) is 0 Å². The predicted octanol–water partition coefficient (Wildman–Crippen LogP) is 3.23. The SMILES string of the molecule is ICc1nc2ccccc2s1. The predicted molar refractivity (Wildman–Crippen MR) is 57.3 cm³/mol. The molecule has 0 aliphatic carbocycles. The van der Waals surface area contributed by atoms with E-state index in [4.69, 9.17) is 0 Å². The van der Waals surface area contributed by atoms with E-state index in [2.05, 4.69) is 45.8 Å². The highest BCUT2D eigenvalue weighted by atomic mass is 127. The fraction of sp³-hybridized carbons (Fsp3) is 0.125. The van der Waals surface area contributed by atoms with Gasteiger partial charge >= 0.3 is 0 Å². The fourth-order valence-electron chi connectivity index (χ4n) is 0.977. The van der Waals surface area contributed by atoms with Gasteiger partial charge in [0.2, 0.25) is 0 Å².